The summed E-state index contributed by atoms with van der Waals surface area (Å²) in [5.74, 6) is 0.560. The van der Waals surface area contributed by atoms with Crippen LogP contribution < -0.4 is 10.8 Å². The largest absolute Gasteiger partial charge is 0.488 e. The summed E-state index contributed by atoms with van der Waals surface area (Å²) in [6, 6.07) is 7.61. The molecule has 80 valence electrons. The number of piperidine rings is 1. The second-order valence-corrected chi connectivity index (χ2v) is 4.07. The summed E-state index contributed by atoms with van der Waals surface area (Å²) in [4.78, 5) is 0. The fraction of sp³-hybridized carbons (Fsp3) is 0.455. The van der Waals surface area contributed by atoms with Crippen molar-refractivity contribution < 1.29 is 10.0 Å². The minimum absolute atomic E-state index is 0.560. The smallest absolute Gasteiger partial charge is 0.423 e. The molecule has 1 fully saturated rings. The van der Waals surface area contributed by atoms with Crippen LogP contribution in [0.15, 0.2) is 24.3 Å². The first-order valence-corrected chi connectivity index (χ1v) is 5.44. The average Bonchev–Trinajstić information content (AvgIpc) is 2.30. The average molecular weight is 205 g/mol. The number of hydrogen-bond donors (Lipinski definition) is 3. The topological polar surface area (TPSA) is 52.5 Å². The summed E-state index contributed by atoms with van der Waals surface area (Å²) >= 11 is 0. The lowest BCUT2D eigenvalue weighted by atomic mass is 9.77. The molecule has 4 heteroatoms. The quantitative estimate of drug-likeness (QED) is 0.587. The molecule has 0 atom stereocenters. The van der Waals surface area contributed by atoms with Crippen LogP contribution in [0.25, 0.3) is 0 Å². The molecule has 2 rings (SSSR count). The molecule has 3 N–H and O–H groups in total. The lowest BCUT2D eigenvalue weighted by molar-refractivity contribution is 0.425. The predicted molar refractivity (Wildman–Crippen MR) is 61.1 cm³/mol. The highest BCUT2D eigenvalue weighted by molar-refractivity contribution is 6.58. The van der Waals surface area contributed by atoms with Gasteiger partial charge >= 0.3 is 7.12 Å². The van der Waals surface area contributed by atoms with Gasteiger partial charge in [0.1, 0.15) is 0 Å². The van der Waals surface area contributed by atoms with Crippen LogP contribution >= 0.6 is 0 Å². The molecule has 1 aliphatic rings. The van der Waals surface area contributed by atoms with Crippen molar-refractivity contribution in [2.24, 2.45) is 0 Å². The van der Waals surface area contributed by atoms with Gasteiger partial charge in [-0.1, -0.05) is 24.3 Å². The summed E-state index contributed by atoms with van der Waals surface area (Å²) in [5, 5.41) is 21.5. The zero-order valence-electron chi connectivity index (χ0n) is 8.69. The first kappa shape index (κ1) is 10.7. The molecule has 1 saturated heterocycles. The third-order valence-electron chi connectivity index (χ3n) is 3.02. The molecule has 0 unspecified atom stereocenters. The number of rotatable bonds is 2. The first-order chi connectivity index (χ1) is 7.27. The van der Waals surface area contributed by atoms with E-state index in [-0.39, 0.29) is 0 Å². The molecular formula is C11H16BNO2. The predicted octanol–water partition coefficient (Wildman–Crippen LogP) is -0.167. The Morgan fingerprint density at radius 2 is 1.93 bits per heavy atom. The first-order valence-electron chi connectivity index (χ1n) is 5.44. The Balaban J connectivity index is 2.16. The Morgan fingerprint density at radius 1 is 1.20 bits per heavy atom. The van der Waals surface area contributed by atoms with E-state index in [0.717, 1.165) is 25.9 Å². The van der Waals surface area contributed by atoms with E-state index in [2.05, 4.69) is 11.4 Å². The Labute approximate surface area is 90.3 Å². The Kier molecular flexibility index (Phi) is 3.41. The maximum Gasteiger partial charge on any atom is 0.488 e. The highest BCUT2D eigenvalue weighted by Crippen LogP contribution is 2.23. The van der Waals surface area contributed by atoms with Crippen LogP contribution in [0.3, 0.4) is 0 Å². The maximum absolute atomic E-state index is 9.09. The molecule has 0 bridgehead atoms. The van der Waals surface area contributed by atoms with Gasteiger partial charge in [-0.15, -0.1) is 0 Å². The minimum atomic E-state index is -1.35. The van der Waals surface area contributed by atoms with Gasteiger partial charge < -0.3 is 15.4 Å². The van der Waals surface area contributed by atoms with Gasteiger partial charge in [-0.05, 0) is 42.9 Å². The lowest BCUT2D eigenvalue weighted by Crippen LogP contribution is -2.31. The minimum Gasteiger partial charge on any atom is -0.423 e. The van der Waals surface area contributed by atoms with E-state index >= 15 is 0 Å². The van der Waals surface area contributed by atoms with E-state index in [1.807, 2.05) is 12.1 Å². The standard InChI is InChI=1S/C11H16BNO2/c14-12(15)11-3-1-2-10(8-11)9-4-6-13-7-5-9/h1-3,8-9,13-15H,4-7H2. The van der Waals surface area contributed by atoms with Gasteiger partial charge in [-0.2, -0.15) is 0 Å². The van der Waals surface area contributed by atoms with Crippen LogP contribution in [0.1, 0.15) is 24.3 Å². The zero-order valence-corrected chi connectivity index (χ0v) is 8.69. The second kappa shape index (κ2) is 4.79. The molecule has 15 heavy (non-hydrogen) atoms. The summed E-state index contributed by atoms with van der Waals surface area (Å²) in [6.07, 6.45) is 2.26. The zero-order chi connectivity index (χ0) is 10.7. The van der Waals surface area contributed by atoms with Crippen molar-refractivity contribution in [1.29, 1.82) is 0 Å². The molecule has 1 aliphatic heterocycles. The van der Waals surface area contributed by atoms with Gasteiger partial charge in [0.2, 0.25) is 0 Å². The third kappa shape index (κ3) is 2.59. The Hall–Kier alpha value is -0.835. The van der Waals surface area contributed by atoms with E-state index in [1.54, 1.807) is 6.07 Å². The monoisotopic (exact) mass is 205 g/mol. The van der Waals surface area contributed by atoms with Crippen molar-refractivity contribution in [1.82, 2.24) is 5.32 Å². The summed E-state index contributed by atoms with van der Waals surface area (Å²) in [5.41, 5.74) is 1.81. The molecule has 0 radical (unpaired) electrons. The van der Waals surface area contributed by atoms with Crippen LogP contribution in [0, 0.1) is 0 Å². The van der Waals surface area contributed by atoms with Crippen LogP contribution in [0.2, 0.25) is 0 Å². The normalized spacial score (nSPS) is 17.7. The SMILES string of the molecule is OB(O)c1cccc(C2CCNCC2)c1. The number of nitrogens with one attached hydrogen (secondary N) is 1. The highest BCUT2D eigenvalue weighted by atomic mass is 16.4. The molecule has 0 aliphatic carbocycles. The third-order valence-corrected chi connectivity index (χ3v) is 3.02. The highest BCUT2D eigenvalue weighted by Gasteiger charge is 2.17. The van der Waals surface area contributed by atoms with Crippen molar-refractivity contribution in [2.75, 3.05) is 13.1 Å². The molecule has 1 aromatic rings. The van der Waals surface area contributed by atoms with E-state index in [4.69, 9.17) is 10.0 Å². The second-order valence-electron chi connectivity index (χ2n) is 4.07. The summed E-state index contributed by atoms with van der Waals surface area (Å²) < 4.78 is 0. The maximum atomic E-state index is 9.09. The van der Waals surface area contributed by atoms with Gasteiger partial charge in [0, 0.05) is 0 Å². The van der Waals surface area contributed by atoms with Crippen LogP contribution in [-0.2, 0) is 0 Å². The molecule has 1 aromatic carbocycles. The molecule has 3 nitrogen and oxygen atoms in total. The van der Waals surface area contributed by atoms with Crippen LogP contribution in [-0.4, -0.2) is 30.3 Å². The fourth-order valence-corrected chi connectivity index (χ4v) is 2.13. The molecule has 1 heterocycles. The van der Waals surface area contributed by atoms with E-state index in [9.17, 15) is 0 Å². The molecule has 0 saturated carbocycles. The molecule has 0 amide bonds. The number of hydrogen-bond acceptors (Lipinski definition) is 3. The van der Waals surface area contributed by atoms with Crippen LogP contribution in [0.5, 0.6) is 0 Å². The van der Waals surface area contributed by atoms with Crippen molar-refractivity contribution in [3.05, 3.63) is 29.8 Å². The Bertz CT molecular complexity index is 324. The summed E-state index contributed by atoms with van der Waals surface area (Å²) in [6.45, 7) is 2.10. The van der Waals surface area contributed by atoms with Gasteiger partial charge in [0.25, 0.3) is 0 Å². The van der Waals surface area contributed by atoms with Crippen molar-refractivity contribution >= 4 is 12.6 Å². The van der Waals surface area contributed by atoms with Gasteiger partial charge in [0.05, 0.1) is 0 Å². The van der Waals surface area contributed by atoms with Crippen LogP contribution in [0.4, 0.5) is 0 Å². The van der Waals surface area contributed by atoms with Gasteiger partial charge in [0.15, 0.2) is 0 Å². The van der Waals surface area contributed by atoms with Crippen molar-refractivity contribution in [3.63, 3.8) is 0 Å². The van der Waals surface area contributed by atoms with E-state index in [0.29, 0.717) is 11.4 Å². The lowest BCUT2D eigenvalue weighted by Gasteiger charge is -2.23. The number of benzene rings is 1. The van der Waals surface area contributed by atoms with Crippen molar-refractivity contribution in [3.8, 4) is 0 Å². The Morgan fingerprint density at radius 3 is 2.60 bits per heavy atom. The molecule has 0 aromatic heterocycles. The molecule has 0 spiro atoms. The van der Waals surface area contributed by atoms with Crippen molar-refractivity contribution in [2.45, 2.75) is 18.8 Å². The molecular weight excluding hydrogens is 189 g/mol. The van der Waals surface area contributed by atoms with Gasteiger partial charge in [-0.25, -0.2) is 0 Å². The van der Waals surface area contributed by atoms with E-state index < -0.39 is 7.12 Å². The van der Waals surface area contributed by atoms with E-state index in [1.165, 1.54) is 5.56 Å². The van der Waals surface area contributed by atoms with Gasteiger partial charge in [-0.3, -0.25) is 0 Å². The summed E-state index contributed by atoms with van der Waals surface area (Å²) in [7, 11) is -1.35. The fourth-order valence-electron chi connectivity index (χ4n) is 2.13.